The summed E-state index contributed by atoms with van der Waals surface area (Å²) in [6, 6.07) is 7.60. The molecule has 4 rings (SSSR count). The van der Waals surface area contributed by atoms with Crippen LogP contribution in [0.1, 0.15) is 0 Å². The van der Waals surface area contributed by atoms with E-state index in [9.17, 15) is 4.79 Å². The third kappa shape index (κ3) is 3.54. The number of rotatable bonds is 5. The summed E-state index contributed by atoms with van der Waals surface area (Å²) in [6.45, 7) is 0. The Balaban J connectivity index is 1.55. The highest BCUT2D eigenvalue weighted by Gasteiger charge is 2.15. The van der Waals surface area contributed by atoms with E-state index in [0.717, 1.165) is 16.2 Å². The van der Waals surface area contributed by atoms with Gasteiger partial charge in [-0.1, -0.05) is 35.5 Å². The lowest BCUT2D eigenvalue weighted by Gasteiger charge is -2.03. The molecule has 1 amide bonds. The van der Waals surface area contributed by atoms with Crippen molar-refractivity contribution in [3.8, 4) is 11.3 Å². The molecular formula is C15H10ClN5OS3. The number of nitrogens with zero attached hydrogens (tertiary/aromatic N) is 4. The minimum absolute atomic E-state index is 0.125. The van der Waals surface area contributed by atoms with Crippen molar-refractivity contribution < 1.29 is 4.79 Å². The highest BCUT2D eigenvalue weighted by atomic mass is 35.5. The number of halogens is 1. The van der Waals surface area contributed by atoms with Crippen molar-refractivity contribution in [2.75, 3.05) is 11.1 Å². The monoisotopic (exact) mass is 407 g/mol. The van der Waals surface area contributed by atoms with Gasteiger partial charge in [-0.15, -0.1) is 32.9 Å². The van der Waals surface area contributed by atoms with Crippen LogP contribution in [0.15, 0.2) is 46.4 Å². The summed E-state index contributed by atoms with van der Waals surface area (Å²) < 4.78 is 1.95. The fraction of sp³-hybridized carbons (Fsp3) is 0.0667. The molecule has 0 aliphatic heterocycles. The Hall–Kier alpha value is -1.94. The maximum Gasteiger partial charge on any atom is 0.236 e. The summed E-state index contributed by atoms with van der Waals surface area (Å²) in [5.74, 6) is 0.107. The summed E-state index contributed by atoms with van der Waals surface area (Å²) in [7, 11) is 0. The van der Waals surface area contributed by atoms with Gasteiger partial charge in [0.05, 0.1) is 11.4 Å². The number of carbonyl (C=O) groups is 1. The van der Waals surface area contributed by atoms with Crippen LogP contribution in [0.25, 0.3) is 16.2 Å². The van der Waals surface area contributed by atoms with E-state index in [0.29, 0.717) is 15.3 Å². The first-order valence-electron chi connectivity index (χ1n) is 7.11. The Labute approximate surface area is 159 Å². The molecule has 1 N–H and O–H groups in total. The number of benzene rings is 1. The minimum Gasteiger partial charge on any atom is -0.301 e. The molecule has 0 bridgehead atoms. The maximum absolute atomic E-state index is 12.0. The Morgan fingerprint density at radius 1 is 1.24 bits per heavy atom. The Kier molecular flexibility index (Phi) is 4.71. The van der Waals surface area contributed by atoms with E-state index >= 15 is 0 Å². The van der Waals surface area contributed by atoms with E-state index in [-0.39, 0.29) is 11.7 Å². The third-order valence-corrected chi connectivity index (χ3v) is 5.96. The number of thiazole rings is 2. The topological polar surface area (TPSA) is 72.2 Å². The molecular weight excluding hydrogens is 398 g/mol. The van der Waals surface area contributed by atoms with Crippen molar-refractivity contribution in [3.05, 3.63) is 46.2 Å². The zero-order valence-electron chi connectivity index (χ0n) is 12.5. The normalized spacial score (nSPS) is 11.1. The Morgan fingerprint density at radius 3 is 2.84 bits per heavy atom. The molecule has 0 fully saturated rings. The first kappa shape index (κ1) is 16.5. The molecule has 0 aliphatic carbocycles. The average molecular weight is 408 g/mol. The zero-order valence-corrected chi connectivity index (χ0v) is 15.8. The molecule has 4 aromatic rings. The van der Waals surface area contributed by atoms with Gasteiger partial charge in [0.15, 0.2) is 10.3 Å². The smallest absolute Gasteiger partial charge is 0.236 e. The van der Waals surface area contributed by atoms with E-state index in [2.05, 4.69) is 20.5 Å². The van der Waals surface area contributed by atoms with Crippen molar-refractivity contribution in [2.24, 2.45) is 0 Å². The molecule has 25 heavy (non-hydrogen) atoms. The van der Waals surface area contributed by atoms with Gasteiger partial charge < -0.3 is 5.32 Å². The predicted molar refractivity (Wildman–Crippen MR) is 103 cm³/mol. The predicted octanol–water partition coefficient (Wildman–Crippen LogP) is 4.30. The maximum atomic E-state index is 12.0. The second kappa shape index (κ2) is 7.12. The van der Waals surface area contributed by atoms with Crippen molar-refractivity contribution in [3.63, 3.8) is 0 Å². The molecule has 0 spiro atoms. The van der Waals surface area contributed by atoms with Crippen molar-refractivity contribution in [2.45, 2.75) is 5.16 Å². The molecule has 6 nitrogen and oxygen atoms in total. The van der Waals surface area contributed by atoms with Crippen LogP contribution in [-0.2, 0) is 4.79 Å². The van der Waals surface area contributed by atoms with Gasteiger partial charge in [-0.3, -0.25) is 9.20 Å². The van der Waals surface area contributed by atoms with Gasteiger partial charge in [-0.05, 0) is 17.7 Å². The van der Waals surface area contributed by atoms with Gasteiger partial charge in [0.1, 0.15) is 0 Å². The van der Waals surface area contributed by atoms with Gasteiger partial charge in [-0.2, -0.15) is 0 Å². The molecule has 0 unspecified atom stereocenters. The fourth-order valence-electron chi connectivity index (χ4n) is 2.18. The number of amides is 1. The summed E-state index contributed by atoms with van der Waals surface area (Å²) in [4.78, 5) is 16.9. The highest BCUT2D eigenvalue weighted by Crippen LogP contribution is 2.30. The van der Waals surface area contributed by atoms with Crippen LogP contribution in [0, 0.1) is 0 Å². The first-order chi connectivity index (χ1) is 12.2. The molecule has 0 saturated carbocycles. The van der Waals surface area contributed by atoms with Crippen LogP contribution in [-0.4, -0.2) is 31.2 Å². The van der Waals surface area contributed by atoms with Crippen LogP contribution in [0.3, 0.4) is 0 Å². The van der Waals surface area contributed by atoms with Crippen LogP contribution >= 0.6 is 46.0 Å². The van der Waals surface area contributed by atoms with E-state index in [1.165, 1.54) is 34.4 Å². The summed E-state index contributed by atoms with van der Waals surface area (Å²) >= 11 is 10.2. The molecule has 0 radical (unpaired) electrons. The lowest BCUT2D eigenvalue weighted by Crippen LogP contribution is -2.14. The number of carbonyl (C=O) groups excluding carboxylic acids is 1. The molecule has 1 aromatic carbocycles. The van der Waals surface area contributed by atoms with Crippen molar-refractivity contribution in [1.82, 2.24) is 19.6 Å². The number of anilines is 1. The van der Waals surface area contributed by atoms with Gasteiger partial charge in [0.25, 0.3) is 0 Å². The minimum atomic E-state index is -0.125. The van der Waals surface area contributed by atoms with Crippen LogP contribution < -0.4 is 5.32 Å². The number of thioether (sulfide) groups is 1. The van der Waals surface area contributed by atoms with Crippen molar-refractivity contribution in [1.29, 1.82) is 0 Å². The molecule has 126 valence electrons. The average Bonchev–Trinajstić information content (AvgIpc) is 3.32. The van der Waals surface area contributed by atoms with Gasteiger partial charge in [-0.25, -0.2) is 4.98 Å². The molecule has 10 heteroatoms. The standard InChI is InChI=1S/C15H10ClN5OS3/c16-10-3-1-9(2-4-10)11-7-24-14-19-20-15(21(11)14)25-8-12(22)18-13-17-5-6-23-13/h1-7H,8H2,(H,17,18,22). The first-order valence-corrected chi connectivity index (χ1v) is 10.2. The zero-order chi connectivity index (χ0) is 17.2. The fourth-order valence-corrected chi connectivity index (χ4v) is 4.49. The Morgan fingerprint density at radius 2 is 2.08 bits per heavy atom. The number of fused-ring (bicyclic) bond motifs is 1. The van der Waals surface area contributed by atoms with E-state index in [1.807, 2.05) is 39.4 Å². The molecule has 0 aliphatic rings. The summed E-state index contributed by atoms with van der Waals surface area (Å²) in [5.41, 5.74) is 1.99. The van der Waals surface area contributed by atoms with Crippen LogP contribution in [0.2, 0.25) is 5.02 Å². The molecule has 3 heterocycles. The third-order valence-electron chi connectivity index (χ3n) is 3.27. The quantitative estimate of drug-likeness (QED) is 0.499. The number of aromatic nitrogens is 4. The number of hydrogen-bond acceptors (Lipinski definition) is 7. The van der Waals surface area contributed by atoms with E-state index < -0.39 is 0 Å². The lowest BCUT2D eigenvalue weighted by molar-refractivity contribution is -0.113. The van der Waals surface area contributed by atoms with Gasteiger partial charge in [0, 0.05) is 22.0 Å². The van der Waals surface area contributed by atoms with E-state index in [1.54, 1.807) is 6.20 Å². The lowest BCUT2D eigenvalue weighted by atomic mass is 10.2. The van der Waals surface area contributed by atoms with Gasteiger partial charge >= 0.3 is 0 Å². The van der Waals surface area contributed by atoms with Crippen LogP contribution in [0.5, 0.6) is 0 Å². The van der Waals surface area contributed by atoms with E-state index in [4.69, 9.17) is 11.6 Å². The SMILES string of the molecule is O=C(CSc1nnc2scc(-c3ccc(Cl)cc3)n12)Nc1nccs1. The number of hydrogen-bond donors (Lipinski definition) is 1. The second-order valence-electron chi connectivity index (χ2n) is 4.90. The van der Waals surface area contributed by atoms with Crippen LogP contribution in [0.4, 0.5) is 5.13 Å². The summed E-state index contributed by atoms with van der Waals surface area (Å²) in [5, 5.41) is 16.9. The largest absolute Gasteiger partial charge is 0.301 e. The Bertz CT molecular complexity index is 1010. The van der Waals surface area contributed by atoms with Gasteiger partial charge in [0.2, 0.25) is 10.9 Å². The molecule has 0 saturated heterocycles. The second-order valence-corrected chi connectivity index (χ2v) is 8.01. The summed E-state index contributed by atoms with van der Waals surface area (Å²) in [6.07, 6.45) is 1.65. The highest BCUT2D eigenvalue weighted by molar-refractivity contribution is 7.99. The molecule has 3 aromatic heterocycles. The molecule has 0 atom stereocenters. The number of nitrogens with one attached hydrogen (secondary N) is 1. The van der Waals surface area contributed by atoms with Crippen molar-refractivity contribution >= 4 is 62.0 Å².